The fraction of sp³-hybridized carbons (Fsp3) is 0.750. The van der Waals surface area contributed by atoms with Crippen molar-refractivity contribution in [3.05, 3.63) is 0 Å². The van der Waals surface area contributed by atoms with E-state index in [1.807, 2.05) is 0 Å². The average Bonchev–Trinajstić information content (AvgIpc) is 1.64. The monoisotopic (exact) mass is 237 g/mol. The van der Waals surface area contributed by atoms with Gasteiger partial charge >= 0.3 is 31.8 Å². The molecule has 2 unspecified atom stereocenters. The van der Waals surface area contributed by atoms with E-state index >= 15 is 0 Å². The zero-order valence-electron chi connectivity index (χ0n) is 4.53. The van der Waals surface area contributed by atoms with Gasteiger partial charge in [-0.3, -0.25) is 4.79 Å². The summed E-state index contributed by atoms with van der Waals surface area (Å²) in [5.74, 6) is -1.18. The summed E-state index contributed by atoms with van der Waals surface area (Å²) in [6, 6.07) is -1.16. The molecule has 0 radical (unpaired) electrons. The molecule has 0 aliphatic heterocycles. The Morgan fingerprint density at radius 3 is 2.00 bits per heavy atom. The molecule has 4 nitrogen and oxygen atoms in total. The summed E-state index contributed by atoms with van der Waals surface area (Å²) in [5, 5.41) is 16.6. The maximum atomic E-state index is 9.86. The summed E-state index contributed by atoms with van der Waals surface area (Å²) in [5.41, 5.74) is 4.91. The number of carboxylic acid groups (broad SMARTS) is 1. The molecule has 0 bridgehead atoms. The molecule has 0 rings (SSSR count). The molecule has 0 aromatic heterocycles. The molecule has 0 aromatic rings. The quantitative estimate of drug-likeness (QED) is 0.499. The van der Waals surface area contributed by atoms with E-state index in [1.165, 1.54) is 6.92 Å². The minimum atomic E-state index is -1.18. The van der Waals surface area contributed by atoms with Gasteiger partial charge in [0.25, 0.3) is 0 Å². The third-order valence-corrected chi connectivity index (χ3v) is 0.805. The van der Waals surface area contributed by atoms with Crippen molar-refractivity contribution in [1.82, 2.24) is 0 Å². The first kappa shape index (κ1) is 12.0. The molecule has 9 heavy (non-hydrogen) atoms. The van der Waals surface area contributed by atoms with E-state index in [1.54, 1.807) is 0 Å². The van der Waals surface area contributed by atoms with Gasteiger partial charge in [0.15, 0.2) is 0 Å². The fourth-order valence-electron chi connectivity index (χ4n) is 0.206. The summed E-state index contributed by atoms with van der Waals surface area (Å²) in [6.07, 6.45) is -0.979. The zero-order valence-corrected chi connectivity index (χ0v) is 4.53. The first-order valence-electron chi connectivity index (χ1n) is 2.22. The average molecular weight is 237 g/mol. The predicted molar refractivity (Wildman–Crippen MR) is 37.2 cm³/mol. The van der Waals surface area contributed by atoms with Crippen LogP contribution in [-0.4, -0.2) is 54.2 Å². The second kappa shape index (κ2) is 5.08. The Morgan fingerprint density at radius 2 is 2.00 bits per heavy atom. The molecule has 0 aliphatic rings. The number of aliphatic hydroxyl groups is 1. The second-order valence-electron chi connectivity index (χ2n) is 1.60. The number of aliphatic carboxylic acids is 1. The van der Waals surface area contributed by atoms with Crippen LogP contribution in [0.5, 0.6) is 0 Å². The van der Waals surface area contributed by atoms with Gasteiger partial charge in [0, 0.05) is 0 Å². The normalized spacial score (nSPS) is 15.4. The van der Waals surface area contributed by atoms with Crippen molar-refractivity contribution < 1.29 is 15.0 Å². The molecule has 2 atom stereocenters. The van der Waals surface area contributed by atoms with Crippen molar-refractivity contribution in [3.8, 4) is 0 Å². The summed E-state index contributed by atoms with van der Waals surface area (Å²) >= 11 is 0. The van der Waals surface area contributed by atoms with Crippen molar-refractivity contribution in [2.24, 2.45) is 5.73 Å². The van der Waals surface area contributed by atoms with Gasteiger partial charge in [-0.25, -0.2) is 0 Å². The first-order valence-corrected chi connectivity index (χ1v) is 2.22. The van der Waals surface area contributed by atoms with Crippen LogP contribution in [0.2, 0.25) is 0 Å². The van der Waals surface area contributed by atoms with E-state index in [2.05, 4.69) is 0 Å². The molecular formula is C4H12InNO3. The van der Waals surface area contributed by atoms with Gasteiger partial charge < -0.3 is 15.9 Å². The molecule has 0 saturated heterocycles. The number of nitrogens with two attached hydrogens (primary N) is 1. The minimum absolute atomic E-state index is 0. The molecule has 5 heteroatoms. The molecule has 0 spiro atoms. The summed E-state index contributed by atoms with van der Waals surface area (Å²) < 4.78 is 0. The molecule has 0 aromatic carbocycles. The Kier molecular flexibility index (Phi) is 6.76. The third-order valence-electron chi connectivity index (χ3n) is 0.805. The molecule has 0 amide bonds. The van der Waals surface area contributed by atoms with Gasteiger partial charge in [-0.15, -0.1) is 0 Å². The third kappa shape index (κ3) is 4.74. The predicted octanol–water partition coefficient (Wildman–Crippen LogP) is -2.40. The Balaban J connectivity index is 0. The van der Waals surface area contributed by atoms with E-state index in [-0.39, 0.29) is 25.8 Å². The van der Waals surface area contributed by atoms with Crippen LogP contribution in [0, 0.1) is 0 Å². The van der Waals surface area contributed by atoms with E-state index in [9.17, 15) is 4.79 Å². The van der Waals surface area contributed by atoms with E-state index < -0.39 is 18.1 Å². The van der Waals surface area contributed by atoms with Crippen LogP contribution in [0.3, 0.4) is 0 Å². The standard InChI is InChI=1S/C4H9NO3.In.3H/c1-2(6)3(5)4(7)8;;;;/h2-3,6H,5H2,1H3,(H,7,8);;;;. The SMILES string of the molecule is CC(O)C(N)C(=O)O.[InH3]. The van der Waals surface area contributed by atoms with Crippen LogP contribution in [0.25, 0.3) is 0 Å². The Morgan fingerprint density at radius 1 is 1.67 bits per heavy atom. The molecular weight excluding hydrogens is 225 g/mol. The Bertz CT molecular complexity index is 95.8. The maximum absolute atomic E-state index is 9.86. The second-order valence-corrected chi connectivity index (χ2v) is 1.60. The number of rotatable bonds is 2. The van der Waals surface area contributed by atoms with Crippen LogP contribution < -0.4 is 5.73 Å². The molecule has 0 heterocycles. The summed E-state index contributed by atoms with van der Waals surface area (Å²) in [6.45, 7) is 1.33. The van der Waals surface area contributed by atoms with Crippen molar-refractivity contribution in [2.45, 2.75) is 19.1 Å². The zero-order chi connectivity index (χ0) is 6.73. The van der Waals surface area contributed by atoms with Gasteiger partial charge in [0.2, 0.25) is 0 Å². The fourth-order valence-corrected chi connectivity index (χ4v) is 0.206. The van der Waals surface area contributed by atoms with Crippen molar-refractivity contribution >= 4 is 31.8 Å². The van der Waals surface area contributed by atoms with E-state index in [4.69, 9.17) is 15.9 Å². The first-order chi connectivity index (χ1) is 3.55. The van der Waals surface area contributed by atoms with Crippen molar-refractivity contribution in [1.29, 1.82) is 0 Å². The topological polar surface area (TPSA) is 83.5 Å². The summed E-state index contributed by atoms with van der Waals surface area (Å²) in [4.78, 5) is 9.86. The molecule has 0 fully saturated rings. The van der Waals surface area contributed by atoms with Gasteiger partial charge in [-0.05, 0) is 6.92 Å². The number of carboxylic acids is 1. The van der Waals surface area contributed by atoms with Crippen LogP contribution in [0.15, 0.2) is 0 Å². The number of carbonyl (C=O) groups is 1. The van der Waals surface area contributed by atoms with E-state index in [0.717, 1.165) is 0 Å². The molecule has 4 N–H and O–H groups in total. The van der Waals surface area contributed by atoms with Crippen LogP contribution in [0.1, 0.15) is 6.92 Å². The van der Waals surface area contributed by atoms with Gasteiger partial charge in [0.05, 0.1) is 6.10 Å². The Hall–Kier alpha value is 0.260. The van der Waals surface area contributed by atoms with Crippen LogP contribution >= 0.6 is 0 Å². The van der Waals surface area contributed by atoms with Crippen molar-refractivity contribution in [2.75, 3.05) is 0 Å². The van der Waals surface area contributed by atoms with Gasteiger partial charge in [0.1, 0.15) is 6.04 Å². The van der Waals surface area contributed by atoms with Gasteiger partial charge in [-0.2, -0.15) is 0 Å². The van der Waals surface area contributed by atoms with E-state index in [0.29, 0.717) is 0 Å². The van der Waals surface area contributed by atoms with Crippen molar-refractivity contribution in [3.63, 3.8) is 0 Å². The van der Waals surface area contributed by atoms with Gasteiger partial charge in [-0.1, -0.05) is 0 Å². The molecule has 0 saturated carbocycles. The number of hydrogen-bond donors (Lipinski definition) is 3. The summed E-state index contributed by atoms with van der Waals surface area (Å²) in [7, 11) is 0. The van der Waals surface area contributed by atoms with Crippen LogP contribution in [-0.2, 0) is 4.79 Å². The molecule has 54 valence electrons. The number of aliphatic hydroxyl groups excluding tert-OH is 1. The number of hydrogen-bond acceptors (Lipinski definition) is 3. The Labute approximate surface area is 71.8 Å². The molecule has 0 aliphatic carbocycles. The van der Waals surface area contributed by atoms with Crippen LogP contribution in [0.4, 0.5) is 0 Å².